The highest BCUT2D eigenvalue weighted by Gasteiger charge is 2.24. The Bertz CT molecular complexity index is 799. The van der Waals surface area contributed by atoms with E-state index in [0.29, 0.717) is 0 Å². The predicted octanol–water partition coefficient (Wildman–Crippen LogP) is 4.15. The standard InChI is InChI=1S/C18H19N3OS2/c1-13-12-23-18(20-13)16-11-21(7-8-22-16)10-15-9-19-17(24-15)14-5-3-2-4-6-14/h2-6,9,12,16H,7-8,10-11H2,1H3/t16-/m0/s1. The van der Waals surface area contributed by atoms with Crippen molar-refractivity contribution in [2.75, 3.05) is 19.7 Å². The minimum Gasteiger partial charge on any atom is -0.368 e. The summed E-state index contributed by atoms with van der Waals surface area (Å²) in [6.45, 7) is 5.57. The molecule has 4 rings (SSSR count). The molecule has 0 N–H and O–H groups in total. The van der Waals surface area contributed by atoms with Gasteiger partial charge in [-0.3, -0.25) is 4.90 Å². The summed E-state index contributed by atoms with van der Waals surface area (Å²) in [5.74, 6) is 0. The third kappa shape index (κ3) is 3.57. The van der Waals surface area contributed by atoms with E-state index in [0.717, 1.165) is 42.0 Å². The minimum absolute atomic E-state index is 0.0963. The predicted molar refractivity (Wildman–Crippen MR) is 98.4 cm³/mol. The Hall–Kier alpha value is -1.60. The lowest BCUT2D eigenvalue weighted by Crippen LogP contribution is -2.37. The number of benzene rings is 1. The van der Waals surface area contributed by atoms with Crippen LogP contribution >= 0.6 is 22.7 Å². The van der Waals surface area contributed by atoms with Crippen LogP contribution in [0.1, 0.15) is 21.7 Å². The molecule has 1 atom stereocenters. The molecular formula is C18H19N3OS2. The first-order valence-electron chi connectivity index (χ1n) is 8.04. The van der Waals surface area contributed by atoms with Crippen LogP contribution in [0.5, 0.6) is 0 Å². The van der Waals surface area contributed by atoms with Crippen molar-refractivity contribution in [2.45, 2.75) is 19.6 Å². The number of ether oxygens (including phenoxy) is 1. The van der Waals surface area contributed by atoms with Gasteiger partial charge in [0.1, 0.15) is 16.1 Å². The fraction of sp³-hybridized carbons (Fsp3) is 0.333. The Labute approximate surface area is 149 Å². The van der Waals surface area contributed by atoms with Crippen molar-refractivity contribution in [1.29, 1.82) is 0 Å². The highest BCUT2D eigenvalue weighted by Crippen LogP contribution is 2.29. The molecule has 124 valence electrons. The largest absolute Gasteiger partial charge is 0.368 e. The van der Waals surface area contributed by atoms with Gasteiger partial charge >= 0.3 is 0 Å². The second-order valence-electron chi connectivity index (χ2n) is 5.92. The van der Waals surface area contributed by atoms with E-state index >= 15 is 0 Å². The molecule has 24 heavy (non-hydrogen) atoms. The summed E-state index contributed by atoms with van der Waals surface area (Å²) in [4.78, 5) is 12.9. The van der Waals surface area contributed by atoms with Gasteiger partial charge in [0.15, 0.2) is 0 Å². The molecule has 0 radical (unpaired) electrons. The van der Waals surface area contributed by atoms with Gasteiger partial charge < -0.3 is 4.74 Å². The molecule has 0 spiro atoms. The maximum atomic E-state index is 5.91. The lowest BCUT2D eigenvalue weighted by atomic mass is 10.2. The van der Waals surface area contributed by atoms with Crippen LogP contribution in [0, 0.1) is 6.92 Å². The van der Waals surface area contributed by atoms with E-state index in [1.54, 1.807) is 22.7 Å². The molecule has 0 aliphatic carbocycles. The Morgan fingerprint density at radius 1 is 1.29 bits per heavy atom. The number of hydrogen-bond donors (Lipinski definition) is 0. The Morgan fingerprint density at radius 3 is 2.96 bits per heavy atom. The summed E-state index contributed by atoms with van der Waals surface area (Å²) in [6.07, 6.45) is 2.10. The van der Waals surface area contributed by atoms with Gasteiger partial charge in [0, 0.05) is 47.3 Å². The van der Waals surface area contributed by atoms with Crippen molar-refractivity contribution in [3.63, 3.8) is 0 Å². The van der Waals surface area contributed by atoms with Gasteiger partial charge in [0.05, 0.1) is 6.61 Å². The van der Waals surface area contributed by atoms with Crippen molar-refractivity contribution >= 4 is 22.7 Å². The summed E-state index contributed by atoms with van der Waals surface area (Å²) in [7, 11) is 0. The molecule has 2 aromatic heterocycles. The molecule has 1 aromatic carbocycles. The van der Waals surface area contributed by atoms with Crippen LogP contribution in [0.25, 0.3) is 10.6 Å². The summed E-state index contributed by atoms with van der Waals surface area (Å²) in [6, 6.07) is 10.4. The Morgan fingerprint density at radius 2 is 2.17 bits per heavy atom. The second-order valence-corrected chi connectivity index (χ2v) is 7.92. The van der Waals surface area contributed by atoms with Gasteiger partial charge in [-0.05, 0) is 6.92 Å². The van der Waals surface area contributed by atoms with Crippen LogP contribution in [0.3, 0.4) is 0 Å². The van der Waals surface area contributed by atoms with Crippen molar-refractivity contribution in [1.82, 2.24) is 14.9 Å². The molecule has 0 amide bonds. The normalized spacial score (nSPS) is 18.8. The van der Waals surface area contributed by atoms with Crippen LogP contribution in [0.15, 0.2) is 41.9 Å². The van der Waals surface area contributed by atoms with E-state index in [1.165, 1.54) is 10.4 Å². The van der Waals surface area contributed by atoms with Gasteiger partial charge in [0.2, 0.25) is 0 Å². The summed E-state index contributed by atoms with van der Waals surface area (Å²) < 4.78 is 5.91. The van der Waals surface area contributed by atoms with Crippen LogP contribution < -0.4 is 0 Å². The lowest BCUT2D eigenvalue weighted by Gasteiger charge is -2.31. The van der Waals surface area contributed by atoms with Crippen LogP contribution in [0.2, 0.25) is 0 Å². The van der Waals surface area contributed by atoms with E-state index in [9.17, 15) is 0 Å². The molecule has 1 fully saturated rings. The molecule has 1 saturated heterocycles. The number of nitrogens with zero attached hydrogens (tertiary/aromatic N) is 3. The average Bonchev–Trinajstić information content (AvgIpc) is 3.25. The number of morpholine rings is 1. The van der Waals surface area contributed by atoms with Gasteiger partial charge in [-0.2, -0.15) is 0 Å². The van der Waals surface area contributed by atoms with Crippen LogP contribution in [-0.2, 0) is 11.3 Å². The molecule has 0 saturated carbocycles. The molecule has 6 heteroatoms. The first-order chi connectivity index (χ1) is 11.8. The van der Waals surface area contributed by atoms with Crippen molar-refractivity contribution in [2.24, 2.45) is 0 Å². The molecule has 3 heterocycles. The minimum atomic E-state index is 0.0963. The van der Waals surface area contributed by atoms with Crippen LogP contribution in [-0.4, -0.2) is 34.6 Å². The first kappa shape index (κ1) is 15.9. The topological polar surface area (TPSA) is 38.2 Å². The number of thiazole rings is 2. The zero-order valence-electron chi connectivity index (χ0n) is 13.5. The SMILES string of the molecule is Cc1csc([C@@H]2CN(Cc3cnc(-c4ccccc4)s3)CCO2)n1. The monoisotopic (exact) mass is 357 g/mol. The average molecular weight is 358 g/mol. The molecule has 0 bridgehead atoms. The Kier molecular flexibility index (Phi) is 4.71. The Balaban J connectivity index is 1.43. The highest BCUT2D eigenvalue weighted by molar-refractivity contribution is 7.15. The van der Waals surface area contributed by atoms with E-state index in [4.69, 9.17) is 4.74 Å². The quantitative estimate of drug-likeness (QED) is 0.703. The zero-order valence-corrected chi connectivity index (χ0v) is 15.1. The molecule has 3 aromatic rings. The number of rotatable bonds is 4. The van der Waals surface area contributed by atoms with E-state index in [1.807, 2.05) is 19.2 Å². The molecule has 4 nitrogen and oxygen atoms in total. The van der Waals surface area contributed by atoms with Gasteiger partial charge in [-0.25, -0.2) is 9.97 Å². The third-order valence-corrected chi connectivity index (χ3v) is 6.10. The molecule has 0 unspecified atom stereocenters. The van der Waals surface area contributed by atoms with Crippen molar-refractivity contribution < 1.29 is 4.74 Å². The lowest BCUT2D eigenvalue weighted by molar-refractivity contribution is -0.0327. The summed E-state index contributed by atoms with van der Waals surface area (Å²) >= 11 is 3.47. The zero-order chi connectivity index (χ0) is 16.4. The maximum Gasteiger partial charge on any atom is 0.123 e. The van der Waals surface area contributed by atoms with Gasteiger partial charge in [-0.1, -0.05) is 30.3 Å². The first-order valence-corrected chi connectivity index (χ1v) is 9.73. The fourth-order valence-electron chi connectivity index (χ4n) is 2.83. The van der Waals surface area contributed by atoms with Crippen molar-refractivity contribution in [3.05, 3.63) is 57.5 Å². The van der Waals surface area contributed by atoms with Crippen LogP contribution in [0.4, 0.5) is 0 Å². The third-order valence-electron chi connectivity index (χ3n) is 4.02. The van der Waals surface area contributed by atoms with E-state index in [2.05, 4.69) is 44.5 Å². The van der Waals surface area contributed by atoms with Gasteiger partial charge in [-0.15, -0.1) is 22.7 Å². The maximum absolute atomic E-state index is 5.91. The smallest absolute Gasteiger partial charge is 0.123 e. The van der Waals surface area contributed by atoms with Crippen molar-refractivity contribution in [3.8, 4) is 10.6 Å². The molecule has 1 aliphatic rings. The summed E-state index contributed by atoms with van der Waals surface area (Å²) in [5.41, 5.74) is 2.26. The number of hydrogen-bond acceptors (Lipinski definition) is 6. The van der Waals surface area contributed by atoms with E-state index in [-0.39, 0.29) is 6.10 Å². The molecule has 1 aliphatic heterocycles. The summed E-state index contributed by atoms with van der Waals surface area (Å²) in [5, 5.41) is 4.27. The van der Waals surface area contributed by atoms with Gasteiger partial charge in [0.25, 0.3) is 0 Å². The fourth-order valence-corrected chi connectivity index (χ4v) is 4.63. The molecular weight excluding hydrogens is 338 g/mol. The number of aromatic nitrogens is 2. The van der Waals surface area contributed by atoms with E-state index < -0.39 is 0 Å². The second kappa shape index (κ2) is 7.11. The highest BCUT2D eigenvalue weighted by atomic mass is 32.1. The number of aryl methyl sites for hydroxylation is 1.